The molecule has 1 aromatic carbocycles. The minimum atomic E-state index is -0.114. The second kappa shape index (κ2) is 5.53. The molecule has 2 aromatic heterocycles. The predicted octanol–water partition coefficient (Wildman–Crippen LogP) is 2.60. The number of hydrogen-bond donors (Lipinski definition) is 1. The maximum absolute atomic E-state index is 11.7. The zero-order valence-electron chi connectivity index (χ0n) is 13.0. The molecule has 23 heavy (non-hydrogen) atoms. The summed E-state index contributed by atoms with van der Waals surface area (Å²) in [7, 11) is 0. The van der Waals surface area contributed by atoms with Crippen LogP contribution >= 0.6 is 0 Å². The second-order valence-corrected chi connectivity index (χ2v) is 6.02. The number of oxazole rings is 1. The molecule has 1 aliphatic rings. The third-order valence-corrected chi connectivity index (χ3v) is 4.24. The lowest BCUT2D eigenvalue weighted by molar-refractivity contribution is 0.411. The summed E-state index contributed by atoms with van der Waals surface area (Å²) in [6.07, 6.45) is 2.04. The summed E-state index contributed by atoms with van der Waals surface area (Å²) in [5, 5.41) is 0. The Morgan fingerprint density at radius 3 is 3.00 bits per heavy atom. The van der Waals surface area contributed by atoms with Crippen molar-refractivity contribution in [3.05, 3.63) is 52.3 Å². The van der Waals surface area contributed by atoms with Crippen LogP contribution in [0.3, 0.4) is 0 Å². The van der Waals surface area contributed by atoms with E-state index in [0.29, 0.717) is 5.95 Å². The molecule has 0 radical (unpaired) electrons. The quantitative estimate of drug-likeness (QED) is 0.787. The molecule has 0 spiro atoms. The average molecular weight is 310 g/mol. The lowest BCUT2D eigenvalue weighted by Crippen LogP contribution is -2.36. The van der Waals surface area contributed by atoms with E-state index in [2.05, 4.69) is 19.9 Å². The van der Waals surface area contributed by atoms with E-state index in [9.17, 15) is 4.79 Å². The summed E-state index contributed by atoms with van der Waals surface area (Å²) in [6.45, 7) is 3.46. The Balaban J connectivity index is 1.62. The van der Waals surface area contributed by atoms with Crippen molar-refractivity contribution < 1.29 is 4.42 Å². The average Bonchev–Trinajstić information content (AvgIpc) is 2.98. The number of rotatable bonds is 2. The molecule has 1 aliphatic heterocycles. The van der Waals surface area contributed by atoms with E-state index in [1.165, 1.54) is 6.07 Å². The molecule has 3 aromatic rings. The van der Waals surface area contributed by atoms with Crippen LogP contribution in [0.15, 0.2) is 39.5 Å². The first-order valence-electron chi connectivity index (χ1n) is 7.87. The Labute approximate surface area is 133 Å². The fourth-order valence-corrected chi connectivity index (χ4v) is 3.15. The molecule has 118 valence electrons. The molecule has 1 N–H and O–H groups in total. The molecule has 4 rings (SSSR count). The fraction of sp³-hybridized carbons (Fsp3) is 0.353. The van der Waals surface area contributed by atoms with Gasteiger partial charge in [-0.25, -0.2) is 9.97 Å². The van der Waals surface area contributed by atoms with Gasteiger partial charge in [0, 0.05) is 24.8 Å². The van der Waals surface area contributed by atoms with Gasteiger partial charge in [-0.2, -0.15) is 0 Å². The zero-order valence-corrected chi connectivity index (χ0v) is 13.0. The largest absolute Gasteiger partial charge is 0.440 e. The van der Waals surface area contributed by atoms with Crippen LogP contribution < -0.4 is 10.5 Å². The number of aromatic nitrogens is 3. The van der Waals surface area contributed by atoms with Crippen LogP contribution in [0.25, 0.3) is 11.1 Å². The Morgan fingerprint density at radius 2 is 2.17 bits per heavy atom. The van der Waals surface area contributed by atoms with E-state index in [-0.39, 0.29) is 11.5 Å². The molecule has 6 heteroatoms. The maximum atomic E-state index is 11.7. The van der Waals surface area contributed by atoms with Crippen molar-refractivity contribution in [3.63, 3.8) is 0 Å². The van der Waals surface area contributed by atoms with Gasteiger partial charge in [-0.15, -0.1) is 0 Å². The summed E-state index contributed by atoms with van der Waals surface area (Å²) in [6, 6.07) is 9.31. The summed E-state index contributed by atoms with van der Waals surface area (Å²) in [4.78, 5) is 25.7. The van der Waals surface area contributed by atoms with E-state index < -0.39 is 0 Å². The van der Waals surface area contributed by atoms with Crippen LogP contribution in [-0.4, -0.2) is 28.0 Å². The number of aromatic amines is 1. The number of nitrogens with zero attached hydrogens (tertiary/aromatic N) is 3. The van der Waals surface area contributed by atoms with E-state index in [0.717, 1.165) is 48.6 Å². The highest BCUT2D eigenvalue weighted by Crippen LogP contribution is 2.30. The second-order valence-electron chi connectivity index (χ2n) is 6.02. The maximum Gasteiger partial charge on any atom is 0.252 e. The van der Waals surface area contributed by atoms with Crippen LogP contribution in [0.1, 0.15) is 30.3 Å². The third-order valence-electron chi connectivity index (χ3n) is 4.24. The highest BCUT2D eigenvalue weighted by Gasteiger charge is 2.26. The molecular formula is C17H18N4O2. The highest BCUT2D eigenvalue weighted by atomic mass is 16.3. The SMILES string of the molecule is Cc1cc(=O)[nH]c(N2CCCC(c3nc4ccccc4o3)C2)n1. The normalized spacial score (nSPS) is 18.5. The van der Waals surface area contributed by atoms with Gasteiger partial charge in [-0.1, -0.05) is 12.1 Å². The molecule has 0 amide bonds. The predicted molar refractivity (Wildman–Crippen MR) is 87.8 cm³/mol. The van der Waals surface area contributed by atoms with Crippen molar-refractivity contribution in [2.75, 3.05) is 18.0 Å². The van der Waals surface area contributed by atoms with E-state index in [1.54, 1.807) is 0 Å². The first-order chi connectivity index (χ1) is 11.2. The van der Waals surface area contributed by atoms with E-state index >= 15 is 0 Å². The number of piperidine rings is 1. The number of nitrogens with one attached hydrogen (secondary N) is 1. The van der Waals surface area contributed by atoms with Crippen molar-refractivity contribution in [3.8, 4) is 0 Å². The van der Waals surface area contributed by atoms with E-state index in [1.807, 2.05) is 31.2 Å². The van der Waals surface area contributed by atoms with Crippen molar-refractivity contribution in [1.29, 1.82) is 0 Å². The zero-order chi connectivity index (χ0) is 15.8. The Bertz CT molecular complexity index is 866. The highest BCUT2D eigenvalue weighted by molar-refractivity contribution is 5.72. The van der Waals surface area contributed by atoms with Gasteiger partial charge < -0.3 is 9.32 Å². The topological polar surface area (TPSA) is 75.0 Å². The van der Waals surface area contributed by atoms with Crippen LogP contribution in [0.4, 0.5) is 5.95 Å². The number of aryl methyl sites for hydroxylation is 1. The molecular weight excluding hydrogens is 292 g/mol. The number of H-pyrrole nitrogens is 1. The van der Waals surface area contributed by atoms with Gasteiger partial charge >= 0.3 is 0 Å². The Morgan fingerprint density at radius 1 is 1.30 bits per heavy atom. The van der Waals surface area contributed by atoms with Crippen molar-refractivity contribution in [2.45, 2.75) is 25.7 Å². The molecule has 1 fully saturated rings. The van der Waals surface area contributed by atoms with Gasteiger partial charge in [0.15, 0.2) is 11.5 Å². The summed E-state index contributed by atoms with van der Waals surface area (Å²) in [5.74, 6) is 1.61. The summed E-state index contributed by atoms with van der Waals surface area (Å²) < 4.78 is 5.91. The first-order valence-corrected chi connectivity index (χ1v) is 7.87. The Hall–Kier alpha value is -2.63. The number of fused-ring (bicyclic) bond motifs is 1. The standard InChI is InChI=1S/C17H18N4O2/c1-11-9-15(22)20-17(18-11)21-8-4-5-12(10-21)16-19-13-6-2-3-7-14(13)23-16/h2-3,6-7,9,12H,4-5,8,10H2,1H3,(H,18,20,22). The molecule has 0 saturated carbocycles. The van der Waals surface area contributed by atoms with E-state index in [4.69, 9.17) is 4.42 Å². The molecule has 0 bridgehead atoms. The number of anilines is 1. The van der Waals surface area contributed by atoms with Gasteiger partial charge in [0.1, 0.15) is 5.52 Å². The Kier molecular flexibility index (Phi) is 3.37. The molecule has 1 unspecified atom stereocenters. The van der Waals surface area contributed by atoms with Gasteiger partial charge in [0.2, 0.25) is 5.95 Å². The molecule has 0 aliphatic carbocycles. The van der Waals surface area contributed by atoms with Crippen molar-refractivity contribution in [2.24, 2.45) is 0 Å². The van der Waals surface area contributed by atoms with Crippen molar-refractivity contribution in [1.82, 2.24) is 15.0 Å². The van der Waals surface area contributed by atoms with Gasteiger partial charge in [-0.05, 0) is 31.9 Å². The minimum absolute atomic E-state index is 0.114. The molecule has 1 saturated heterocycles. The minimum Gasteiger partial charge on any atom is -0.440 e. The number of para-hydroxylation sites is 2. The monoisotopic (exact) mass is 310 g/mol. The van der Waals surface area contributed by atoms with Crippen LogP contribution in [0.5, 0.6) is 0 Å². The van der Waals surface area contributed by atoms with Crippen molar-refractivity contribution >= 4 is 17.0 Å². The van der Waals surface area contributed by atoms with Crippen LogP contribution in [0.2, 0.25) is 0 Å². The molecule has 6 nitrogen and oxygen atoms in total. The number of benzene rings is 1. The third kappa shape index (κ3) is 2.72. The van der Waals surface area contributed by atoms with Gasteiger partial charge in [0.05, 0.1) is 5.92 Å². The summed E-state index contributed by atoms with van der Waals surface area (Å²) in [5.41, 5.74) is 2.33. The molecule has 1 atom stereocenters. The lowest BCUT2D eigenvalue weighted by atomic mass is 9.98. The number of hydrogen-bond acceptors (Lipinski definition) is 5. The fourth-order valence-electron chi connectivity index (χ4n) is 3.15. The first kappa shape index (κ1) is 14.0. The lowest BCUT2D eigenvalue weighted by Gasteiger charge is -2.31. The van der Waals surface area contributed by atoms with Crippen LogP contribution in [-0.2, 0) is 0 Å². The van der Waals surface area contributed by atoms with Gasteiger partial charge in [0.25, 0.3) is 5.56 Å². The smallest absolute Gasteiger partial charge is 0.252 e. The van der Waals surface area contributed by atoms with Gasteiger partial charge in [-0.3, -0.25) is 9.78 Å². The summed E-state index contributed by atoms with van der Waals surface area (Å²) >= 11 is 0. The molecule has 3 heterocycles. The van der Waals surface area contributed by atoms with Crippen LogP contribution in [0, 0.1) is 6.92 Å².